The van der Waals surface area contributed by atoms with Crippen molar-refractivity contribution >= 4 is 33.2 Å². The molecule has 0 aliphatic heterocycles. The first-order valence-corrected chi connectivity index (χ1v) is 6.96. The van der Waals surface area contributed by atoms with Crippen LogP contribution in [-0.4, -0.2) is 0 Å². The molecule has 0 saturated heterocycles. The molecule has 0 aliphatic rings. The molecule has 0 heterocycles. The van der Waals surface area contributed by atoms with Crippen molar-refractivity contribution < 1.29 is 0 Å². The highest BCUT2D eigenvalue weighted by Gasteiger charge is 2.05. The second-order valence-corrected chi connectivity index (χ2v) is 5.47. The average molecular weight is 336 g/mol. The Morgan fingerprint density at radius 3 is 2.79 bits per heavy atom. The molecule has 0 radical (unpaired) electrons. The number of rotatable bonds is 3. The summed E-state index contributed by atoms with van der Waals surface area (Å²) >= 11 is 9.41. The molecule has 0 spiro atoms. The maximum Gasteiger partial charge on any atom is 0.102 e. The van der Waals surface area contributed by atoms with Crippen molar-refractivity contribution in [2.24, 2.45) is 0 Å². The molecular weight excluding hydrogens is 324 g/mol. The molecule has 0 aliphatic carbocycles. The molecule has 19 heavy (non-hydrogen) atoms. The van der Waals surface area contributed by atoms with Crippen LogP contribution in [0.1, 0.15) is 16.7 Å². The summed E-state index contributed by atoms with van der Waals surface area (Å²) in [4.78, 5) is 0. The van der Waals surface area contributed by atoms with E-state index in [4.69, 9.17) is 16.9 Å². The fourth-order valence-corrected chi connectivity index (χ4v) is 2.26. The maximum absolute atomic E-state index is 9.16. The van der Waals surface area contributed by atoms with E-state index in [1.807, 2.05) is 43.3 Å². The summed E-state index contributed by atoms with van der Waals surface area (Å²) in [6.45, 7) is 2.56. The SMILES string of the molecule is Cc1cccc(NCc2ccc(Br)c(Cl)c2)c1C#N. The Morgan fingerprint density at radius 2 is 2.11 bits per heavy atom. The van der Waals surface area contributed by atoms with Gasteiger partial charge < -0.3 is 5.32 Å². The van der Waals surface area contributed by atoms with Gasteiger partial charge in [0.05, 0.1) is 16.3 Å². The molecule has 96 valence electrons. The summed E-state index contributed by atoms with van der Waals surface area (Å²) in [7, 11) is 0. The fourth-order valence-electron chi connectivity index (χ4n) is 1.81. The van der Waals surface area contributed by atoms with E-state index in [9.17, 15) is 0 Å². The van der Waals surface area contributed by atoms with Gasteiger partial charge in [-0.05, 0) is 52.2 Å². The van der Waals surface area contributed by atoms with Gasteiger partial charge >= 0.3 is 0 Å². The first kappa shape index (κ1) is 13.9. The molecule has 0 fully saturated rings. The first-order chi connectivity index (χ1) is 9.11. The number of halogens is 2. The highest BCUT2D eigenvalue weighted by molar-refractivity contribution is 9.10. The van der Waals surface area contributed by atoms with Crippen molar-refractivity contribution in [3.05, 3.63) is 62.6 Å². The van der Waals surface area contributed by atoms with Crippen LogP contribution < -0.4 is 5.32 Å². The second kappa shape index (κ2) is 6.10. The van der Waals surface area contributed by atoms with E-state index in [1.165, 1.54) is 0 Å². The van der Waals surface area contributed by atoms with E-state index < -0.39 is 0 Å². The standard InChI is InChI=1S/C15H12BrClN2/c1-10-3-2-4-15(12(10)8-18)19-9-11-5-6-13(16)14(17)7-11/h2-7,19H,9H2,1H3. The van der Waals surface area contributed by atoms with E-state index in [0.29, 0.717) is 17.1 Å². The van der Waals surface area contributed by atoms with Crippen LogP contribution in [0.25, 0.3) is 0 Å². The number of benzene rings is 2. The highest BCUT2D eigenvalue weighted by atomic mass is 79.9. The fraction of sp³-hybridized carbons (Fsp3) is 0.133. The molecular formula is C15H12BrClN2. The topological polar surface area (TPSA) is 35.8 Å². The lowest BCUT2D eigenvalue weighted by Gasteiger charge is -2.10. The Kier molecular flexibility index (Phi) is 4.47. The summed E-state index contributed by atoms with van der Waals surface area (Å²) in [5.41, 5.74) is 3.58. The monoisotopic (exact) mass is 334 g/mol. The van der Waals surface area contributed by atoms with Crippen LogP contribution in [0.3, 0.4) is 0 Å². The van der Waals surface area contributed by atoms with Crippen molar-refractivity contribution in [1.82, 2.24) is 0 Å². The quantitative estimate of drug-likeness (QED) is 0.866. The summed E-state index contributed by atoms with van der Waals surface area (Å²) in [6, 6.07) is 13.8. The number of hydrogen-bond donors (Lipinski definition) is 1. The molecule has 2 aromatic carbocycles. The molecule has 2 rings (SSSR count). The summed E-state index contributed by atoms with van der Waals surface area (Å²) in [5.74, 6) is 0. The van der Waals surface area contributed by atoms with Gasteiger partial charge in [0.1, 0.15) is 6.07 Å². The van der Waals surface area contributed by atoms with Crippen LogP contribution in [-0.2, 0) is 6.54 Å². The highest BCUT2D eigenvalue weighted by Crippen LogP contribution is 2.24. The van der Waals surface area contributed by atoms with E-state index >= 15 is 0 Å². The van der Waals surface area contributed by atoms with Gasteiger partial charge in [-0.1, -0.05) is 29.8 Å². The Hall–Kier alpha value is -1.50. The third kappa shape index (κ3) is 3.28. The normalized spacial score (nSPS) is 10.0. The molecule has 4 heteroatoms. The average Bonchev–Trinajstić information content (AvgIpc) is 2.40. The molecule has 1 N–H and O–H groups in total. The smallest absolute Gasteiger partial charge is 0.102 e. The second-order valence-electron chi connectivity index (χ2n) is 4.21. The molecule has 0 amide bonds. The zero-order chi connectivity index (χ0) is 13.8. The summed E-state index contributed by atoms with van der Waals surface area (Å²) in [6.07, 6.45) is 0. The van der Waals surface area contributed by atoms with Crippen LogP contribution in [0.15, 0.2) is 40.9 Å². The van der Waals surface area contributed by atoms with Gasteiger partial charge in [0.25, 0.3) is 0 Å². The molecule has 2 nitrogen and oxygen atoms in total. The van der Waals surface area contributed by atoms with Crippen molar-refractivity contribution in [2.45, 2.75) is 13.5 Å². The van der Waals surface area contributed by atoms with Crippen molar-refractivity contribution in [1.29, 1.82) is 5.26 Å². The Morgan fingerprint density at radius 1 is 1.32 bits per heavy atom. The lowest BCUT2D eigenvalue weighted by molar-refractivity contribution is 1.14. The minimum absolute atomic E-state index is 0.630. The van der Waals surface area contributed by atoms with E-state index in [2.05, 4.69) is 27.3 Å². The molecule has 0 atom stereocenters. The number of nitrogens with one attached hydrogen (secondary N) is 1. The summed E-state index contributed by atoms with van der Waals surface area (Å²) < 4.78 is 0.881. The van der Waals surface area contributed by atoms with Gasteiger partial charge in [0.2, 0.25) is 0 Å². The minimum atomic E-state index is 0.630. The number of anilines is 1. The number of nitrogens with zero attached hydrogens (tertiary/aromatic N) is 1. The van der Waals surface area contributed by atoms with Gasteiger partial charge in [0, 0.05) is 11.0 Å². The van der Waals surface area contributed by atoms with Gasteiger partial charge in [0.15, 0.2) is 0 Å². The van der Waals surface area contributed by atoms with Crippen LogP contribution in [0, 0.1) is 18.3 Å². The maximum atomic E-state index is 9.16. The van der Waals surface area contributed by atoms with Crippen LogP contribution in [0.4, 0.5) is 5.69 Å². The summed E-state index contributed by atoms with van der Waals surface area (Å²) in [5, 5.41) is 13.1. The predicted molar refractivity (Wildman–Crippen MR) is 82.4 cm³/mol. The van der Waals surface area contributed by atoms with Gasteiger partial charge in [-0.2, -0.15) is 5.26 Å². The Labute approximate surface area is 126 Å². The zero-order valence-corrected chi connectivity index (χ0v) is 12.7. The van der Waals surface area contributed by atoms with E-state index in [0.717, 1.165) is 21.3 Å². The number of aryl methyl sites for hydroxylation is 1. The van der Waals surface area contributed by atoms with Gasteiger partial charge in [-0.15, -0.1) is 0 Å². The largest absolute Gasteiger partial charge is 0.380 e. The van der Waals surface area contributed by atoms with Crippen LogP contribution in [0.2, 0.25) is 5.02 Å². The lowest BCUT2D eigenvalue weighted by atomic mass is 10.1. The van der Waals surface area contributed by atoms with Crippen molar-refractivity contribution in [2.75, 3.05) is 5.32 Å². The zero-order valence-electron chi connectivity index (χ0n) is 10.4. The van der Waals surface area contributed by atoms with Gasteiger partial charge in [-0.25, -0.2) is 0 Å². The van der Waals surface area contributed by atoms with E-state index in [1.54, 1.807) is 0 Å². The minimum Gasteiger partial charge on any atom is -0.380 e. The first-order valence-electron chi connectivity index (χ1n) is 5.79. The number of nitriles is 1. The molecule has 2 aromatic rings. The third-order valence-electron chi connectivity index (χ3n) is 2.85. The predicted octanol–water partition coefficient (Wildman–Crippen LogP) is 4.89. The molecule has 0 saturated carbocycles. The van der Waals surface area contributed by atoms with Crippen LogP contribution >= 0.6 is 27.5 Å². The lowest BCUT2D eigenvalue weighted by Crippen LogP contribution is -2.02. The van der Waals surface area contributed by atoms with Crippen molar-refractivity contribution in [3.63, 3.8) is 0 Å². The Balaban J connectivity index is 2.17. The van der Waals surface area contributed by atoms with E-state index in [-0.39, 0.29) is 0 Å². The third-order valence-corrected chi connectivity index (χ3v) is 4.08. The molecule has 0 aromatic heterocycles. The van der Waals surface area contributed by atoms with Crippen molar-refractivity contribution in [3.8, 4) is 6.07 Å². The van der Waals surface area contributed by atoms with Gasteiger partial charge in [-0.3, -0.25) is 0 Å². The molecule has 0 bridgehead atoms. The number of hydrogen-bond acceptors (Lipinski definition) is 2. The Bertz CT molecular complexity index is 647. The van der Waals surface area contributed by atoms with Crippen LogP contribution in [0.5, 0.6) is 0 Å². The molecule has 0 unspecified atom stereocenters.